The molecule has 5 heterocycles. The molecule has 1 aromatic carbocycles. The highest BCUT2D eigenvalue weighted by atomic mass is 32.2. The number of hydrogen-bond acceptors (Lipinski definition) is 7. The number of nitro benzene ring substituents is 1. The van der Waals surface area contributed by atoms with Crippen LogP contribution in [0.5, 0.6) is 0 Å². The van der Waals surface area contributed by atoms with Gasteiger partial charge in [-0.3, -0.25) is 19.7 Å². The summed E-state index contributed by atoms with van der Waals surface area (Å²) in [6.45, 7) is 2.28. The van der Waals surface area contributed by atoms with Crippen LogP contribution in [0.3, 0.4) is 0 Å². The normalized spacial score (nSPS) is 27.2. The van der Waals surface area contributed by atoms with E-state index >= 15 is 0 Å². The SMILES string of the molecule is CS(=O)(=O)N1CCN(C(=O)[C@@H]2Cc3cc([N+](=O)[O-])ccc3N3C[C@@H]4C[C@@H](Cn5c4cccc5=O)[C@@H]23)CC1. The Labute approximate surface area is 214 Å². The van der Waals surface area contributed by atoms with E-state index in [-0.39, 0.29) is 48.1 Å². The summed E-state index contributed by atoms with van der Waals surface area (Å²) in [6, 6.07) is 10.1. The Bertz CT molecular complexity index is 1450. The first kappa shape index (κ1) is 24.1. The van der Waals surface area contributed by atoms with Crippen LogP contribution in [0.2, 0.25) is 0 Å². The molecule has 1 amide bonds. The molecule has 12 heteroatoms. The molecule has 0 aliphatic carbocycles. The van der Waals surface area contributed by atoms with E-state index in [1.165, 1.54) is 16.6 Å². The summed E-state index contributed by atoms with van der Waals surface area (Å²) in [5, 5.41) is 11.5. The van der Waals surface area contributed by atoms with Crippen molar-refractivity contribution in [3.05, 3.63) is 68.1 Å². The first-order valence-corrected chi connectivity index (χ1v) is 14.4. The zero-order valence-electron chi connectivity index (χ0n) is 20.5. The third-order valence-electron chi connectivity index (χ3n) is 8.54. The molecule has 0 unspecified atom stereocenters. The van der Waals surface area contributed by atoms with Crippen molar-refractivity contribution in [2.75, 3.05) is 43.9 Å². The van der Waals surface area contributed by atoms with Crippen molar-refractivity contribution in [3.63, 3.8) is 0 Å². The number of aromatic nitrogens is 1. The van der Waals surface area contributed by atoms with Crippen molar-refractivity contribution in [1.82, 2.24) is 13.8 Å². The molecule has 0 N–H and O–H groups in total. The standard InChI is InChI=1S/C25H29N5O6S/c1-37(35,36)27-9-7-26(8-10-27)25(32)20-13-16-12-19(30(33)34)5-6-22(16)29-14-17-11-18(24(20)29)15-28-21(17)3-2-4-23(28)31/h2-6,12,17-18,20,24H,7-11,13-15H2,1H3/t17-,18-,20+,24-/m0/s1. The topological polar surface area (TPSA) is 126 Å². The lowest BCUT2D eigenvalue weighted by atomic mass is 9.69. The average molecular weight is 528 g/mol. The Kier molecular flexibility index (Phi) is 5.64. The fourth-order valence-corrected chi connectivity index (χ4v) is 7.74. The highest BCUT2D eigenvalue weighted by molar-refractivity contribution is 7.88. The number of piperidine rings is 1. The molecule has 37 heavy (non-hydrogen) atoms. The van der Waals surface area contributed by atoms with Gasteiger partial charge in [0.25, 0.3) is 11.2 Å². The number of carbonyl (C=O) groups is 1. The first-order chi connectivity index (χ1) is 17.6. The van der Waals surface area contributed by atoms with Crippen LogP contribution >= 0.6 is 0 Å². The number of anilines is 1. The number of hydrogen-bond donors (Lipinski definition) is 0. The molecule has 196 valence electrons. The number of fused-ring (bicyclic) bond motifs is 8. The minimum absolute atomic E-state index is 0.000679. The van der Waals surface area contributed by atoms with Crippen molar-refractivity contribution in [2.24, 2.45) is 11.8 Å². The van der Waals surface area contributed by atoms with Gasteiger partial charge in [-0.05, 0) is 36.5 Å². The quantitative estimate of drug-likeness (QED) is 0.431. The van der Waals surface area contributed by atoms with E-state index in [4.69, 9.17) is 0 Å². The molecule has 0 radical (unpaired) electrons. The second kappa shape index (κ2) is 8.66. The fourth-order valence-electron chi connectivity index (χ4n) is 6.91. The monoisotopic (exact) mass is 527 g/mol. The Hall–Kier alpha value is -3.25. The van der Waals surface area contributed by atoms with Crippen LogP contribution in [0.1, 0.15) is 23.6 Å². The highest BCUT2D eigenvalue weighted by Crippen LogP contribution is 2.48. The summed E-state index contributed by atoms with van der Waals surface area (Å²) in [6.07, 6.45) is 2.42. The minimum Gasteiger partial charge on any atom is -0.366 e. The minimum atomic E-state index is -3.32. The number of rotatable bonds is 3. The van der Waals surface area contributed by atoms with E-state index in [0.29, 0.717) is 32.6 Å². The molecule has 4 aliphatic heterocycles. The smallest absolute Gasteiger partial charge is 0.269 e. The maximum atomic E-state index is 14.0. The molecule has 2 fully saturated rings. The van der Waals surface area contributed by atoms with E-state index in [2.05, 4.69) is 4.90 Å². The Balaban J connectivity index is 1.37. The van der Waals surface area contributed by atoms with Gasteiger partial charge in [0, 0.05) is 80.8 Å². The molecule has 2 aromatic rings. The maximum absolute atomic E-state index is 14.0. The predicted octanol–water partition coefficient (Wildman–Crippen LogP) is 1.02. The molecule has 2 bridgehead atoms. The molecule has 2 saturated heterocycles. The summed E-state index contributed by atoms with van der Waals surface area (Å²) in [5.74, 6) is -0.295. The van der Waals surface area contributed by atoms with Crippen LogP contribution in [-0.4, -0.2) is 78.0 Å². The van der Waals surface area contributed by atoms with Gasteiger partial charge in [0.2, 0.25) is 15.9 Å². The van der Waals surface area contributed by atoms with Gasteiger partial charge in [-0.15, -0.1) is 0 Å². The number of nitro groups is 1. The molecule has 0 saturated carbocycles. The lowest BCUT2D eigenvalue weighted by Crippen LogP contribution is -2.62. The van der Waals surface area contributed by atoms with Gasteiger partial charge >= 0.3 is 0 Å². The number of piperazine rings is 1. The number of benzene rings is 1. The van der Waals surface area contributed by atoms with E-state index < -0.39 is 20.9 Å². The van der Waals surface area contributed by atoms with Crippen molar-refractivity contribution < 1.29 is 18.1 Å². The van der Waals surface area contributed by atoms with Gasteiger partial charge in [0.05, 0.1) is 17.1 Å². The zero-order valence-corrected chi connectivity index (χ0v) is 21.3. The highest BCUT2D eigenvalue weighted by Gasteiger charge is 2.50. The molecule has 6 rings (SSSR count). The molecular weight excluding hydrogens is 498 g/mol. The Morgan fingerprint density at radius 2 is 1.84 bits per heavy atom. The lowest BCUT2D eigenvalue weighted by Gasteiger charge is -2.54. The molecule has 1 aromatic heterocycles. The number of sulfonamides is 1. The summed E-state index contributed by atoms with van der Waals surface area (Å²) in [4.78, 5) is 41.8. The van der Waals surface area contributed by atoms with Crippen LogP contribution in [0.15, 0.2) is 41.2 Å². The van der Waals surface area contributed by atoms with Crippen molar-refractivity contribution in [3.8, 4) is 0 Å². The van der Waals surface area contributed by atoms with Gasteiger partial charge in [-0.25, -0.2) is 8.42 Å². The molecule has 4 atom stereocenters. The van der Waals surface area contributed by atoms with Crippen molar-refractivity contribution in [1.29, 1.82) is 0 Å². The predicted molar refractivity (Wildman–Crippen MR) is 136 cm³/mol. The number of pyridine rings is 1. The lowest BCUT2D eigenvalue weighted by molar-refractivity contribution is -0.384. The average Bonchev–Trinajstić information content (AvgIpc) is 2.87. The number of amides is 1. The van der Waals surface area contributed by atoms with Crippen molar-refractivity contribution in [2.45, 2.75) is 31.3 Å². The van der Waals surface area contributed by atoms with Gasteiger partial charge in [0.15, 0.2) is 0 Å². The molecular formula is C25H29N5O6S. The molecule has 0 spiro atoms. The van der Waals surface area contributed by atoms with E-state index in [0.717, 1.165) is 23.4 Å². The van der Waals surface area contributed by atoms with Crippen molar-refractivity contribution >= 4 is 27.3 Å². The Morgan fingerprint density at radius 3 is 2.54 bits per heavy atom. The second-order valence-corrected chi connectivity index (χ2v) is 12.6. The van der Waals surface area contributed by atoms with Crippen LogP contribution in [-0.2, 0) is 27.8 Å². The zero-order chi connectivity index (χ0) is 26.1. The van der Waals surface area contributed by atoms with E-state index in [1.807, 2.05) is 10.6 Å². The number of nitrogens with zero attached hydrogens (tertiary/aromatic N) is 5. The third kappa shape index (κ3) is 4.02. The summed E-state index contributed by atoms with van der Waals surface area (Å²) < 4.78 is 27.1. The van der Waals surface area contributed by atoms with Crippen LogP contribution in [0.25, 0.3) is 0 Å². The first-order valence-electron chi connectivity index (χ1n) is 12.6. The van der Waals surface area contributed by atoms with Gasteiger partial charge in [-0.2, -0.15) is 4.31 Å². The summed E-state index contributed by atoms with van der Waals surface area (Å²) in [7, 11) is -3.32. The Morgan fingerprint density at radius 1 is 1.08 bits per heavy atom. The van der Waals surface area contributed by atoms with Gasteiger partial charge < -0.3 is 14.4 Å². The number of carbonyl (C=O) groups excluding carboxylic acids is 1. The van der Waals surface area contributed by atoms with Gasteiger partial charge in [0.1, 0.15) is 0 Å². The van der Waals surface area contributed by atoms with Crippen LogP contribution in [0, 0.1) is 22.0 Å². The molecule has 11 nitrogen and oxygen atoms in total. The van der Waals surface area contributed by atoms with E-state index in [1.54, 1.807) is 29.2 Å². The largest absolute Gasteiger partial charge is 0.366 e. The summed E-state index contributed by atoms with van der Waals surface area (Å²) in [5.41, 5.74) is 2.66. The number of non-ortho nitro benzene ring substituents is 1. The maximum Gasteiger partial charge on any atom is 0.269 e. The van der Waals surface area contributed by atoms with E-state index in [9.17, 15) is 28.1 Å². The second-order valence-electron chi connectivity index (χ2n) is 10.6. The van der Waals surface area contributed by atoms with Crippen LogP contribution < -0.4 is 10.5 Å². The van der Waals surface area contributed by atoms with Gasteiger partial charge in [-0.1, -0.05) is 6.07 Å². The molecule has 4 aliphatic rings. The summed E-state index contributed by atoms with van der Waals surface area (Å²) >= 11 is 0. The fraction of sp³-hybridized carbons (Fsp3) is 0.520. The van der Waals surface area contributed by atoms with Crippen LogP contribution in [0.4, 0.5) is 11.4 Å². The third-order valence-corrected chi connectivity index (χ3v) is 9.84.